The Balaban J connectivity index is 1.82. The third kappa shape index (κ3) is 2.53. The van der Waals surface area contributed by atoms with Gasteiger partial charge in [0.25, 0.3) is 5.89 Å². The molecule has 3 aromatic rings. The number of benzene rings is 1. The van der Waals surface area contributed by atoms with E-state index in [0.717, 1.165) is 16.9 Å². The van der Waals surface area contributed by atoms with Crippen molar-refractivity contribution >= 4 is 11.6 Å². The summed E-state index contributed by atoms with van der Waals surface area (Å²) in [5.74, 6) is 1.88. The maximum absolute atomic E-state index is 5.84. The molecule has 2 heterocycles. The SMILES string of the molecule is Cc1occc1-c1nc(Cc2ccc(Cl)cc2)no1. The summed E-state index contributed by atoms with van der Waals surface area (Å²) in [6.45, 7) is 1.86. The summed E-state index contributed by atoms with van der Waals surface area (Å²) in [5, 5.41) is 4.68. The third-order valence-electron chi connectivity index (χ3n) is 2.83. The van der Waals surface area contributed by atoms with Crippen molar-refractivity contribution in [2.24, 2.45) is 0 Å². The van der Waals surface area contributed by atoms with Gasteiger partial charge in [0.15, 0.2) is 5.82 Å². The molecule has 0 amide bonds. The second-order valence-corrected chi connectivity index (χ2v) is 4.65. The van der Waals surface area contributed by atoms with E-state index in [1.54, 1.807) is 6.26 Å². The monoisotopic (exact) mass is 274 g/mol. The molecule has 0 atom stereocenters. The fraction of sp³-hybridized carbons (Fsp3) is 0.143. The number of aryl methyl sites for hydroxylation is 1. The first-order valence-electron chi connectivity index (χ1n) is 5.84. The van der Waals surface area contributed by atoms with Crippen LogP contribution in [0.25, 0.3) is 11.5 Å². The average Bonchev–Trinajstić information content (AvgIpc) is 3.01. The first-order valence-corrected chi connectivity index (χ1v) is 6.21. The summed E-state index contributed by atoms with van der Waals surface area (Å²) >= 11 is 5.84. The molecule has 0 spiro atoms. The number of rotatable bonds is 3. The number of halogens is 1. The Bertz CT molecular complexity index is 686. The average molecular weight is 275 g/mol. The van der Waals surface area contributed by atoms with Crippen LogP contribution in [-0.4, -0.2) is 10.1 Å². The Morgan fingerprint density at radius 2 is 1.95 bits per heavy atom. The van der Waals surface area contributed by atoms with Crippen LogP contribution in [0.1, 0.15) is 17.1 Å². The molecule has 4 nitrogen and oxygen atoms in total. The molecule has 0 fully saturated rings. The van der Waals surface area contributed by atoms with E-state index >= 15 is 0 Å². The molecule has 19 heavy (non-hydrogen) atoms. The van der Waals surface area contributed by atoms with Gasteiger partial charge >= 0.3 is 0 Å². The maximum Gasteiger partial charge on any atom is 0.261 e. The number of hydrogen-bond donors (Lipinski definition) is 0. The van der Waals surface area contributed by atoms with Crippen LogP contribution in [0.4, 0.5) is 0 Å². The van der Waals surface area contributed by atoms with Crippen LogP contribution in [0.15, 0.2) is 45.5 Å². The van der Waals surface area contributed by atoms with Gasteiger partial charge in [-0.3, -0.25) is 0 Å². The Labute approximate surface area is 115 Å². The van der Waals surface area contributed by atoms with Crippen molar-refractivity contribution in [3.63, 3.8) is 0 Å². The molecule has 1 aromatic carbocycles. The molecule has 0 saturated carbocycles. The van der Waals surface area contributed by atoms with Crippen molar-refractivity contribution in [3.8, 4) is 11.5 Å². The first-order chi connectivity index (χ1) is 9.22. The smallest absolute Gasteiger partial charge is 0.261 e. The molecular weight excluding hydrogens is 264 g/mol. The highest BCUT2D eigenvalue weighted by Crippen LogP contribution is 2.22. The number of aromatic nitrogens is 2. The van der Waals surface area contributed by atoms with E-state index in [4.69, 9.17) is 20.5 Å². The van der Waals surface area contributed by atoms with E-state index in [-0.39, 0.29) is 0 Å². The van der Waals surface area contributed by atoms with Crippen LogP contribution in [0.2, 0.25) is 5.02 Å². The highest BCUT2D eigenvalue weighted by atomic mass is 35.5. The molecule has 5 heteroatoms. The standard InChI is InChI=1S/C14H11ClN2O2/c1-9-12(6-7-18-9)14-16-13(17-19-14)8-10-2-4-11(15)5-3-10/h2-7H,8H2,1H3. The van der Waals surface area contributed by atoms with Crippen LogP contribution in [0.3, 0.4) is 0 Å². The van der Waals surface area contributed by atoms with E-state index in [0.29, 0.717) is 23.2 Å². The summed E-state index contributed by atoms with van der Waals surface area (Å²) in [7, 11) is 0. The van der Waals surface area contributed by atoms with Gasteiger partial charge in [0.2, 0.25) is 0 Å². The lowest BCUT2D eigenvalue weighted by atomic mass is 10.1. The van der Waals surface area contributed by atoms with Crippen LogP contribution in [0.5, 0.6) is 0 Å². The Morgan fingerprint density at radius 3 is 2.63 bits per heavy atom. The van der Waals surface area contributed by atoms with Crippen LogP contribution in [0, 0.1) is 6.92 Å². The first kappa shape index (κ1) is 12.0. The van der Waals surface area contributed by atoms with Gasteiger partial charge in [0.1, 0.15) is 5.76 Å². The molecule has 0 N–H and O–H groups in total. The molecule has 0 radical (unpaired) electrons. The van der Waals surface area contributed by atoms with Gasteiger partial charge < -0.3 is 8.94 Å². The summed E-state index contributed by atoms with van der Waals surface area (Å²) in [4.78, 5) is 4.36. The second-order valence-electron chi connectivity index (χ2n) is 4.21. The molecule has 2 aromatic heterocycles. The van der Waals surface area contributed by atoms with Crippen molar-refractivity contribution in [3.05, 3.63) is 58.8 Å². The predicted octanol–water partition coefficient (Wildman–Crippen LogP) is 3.88. The predicted molar refractivity (Wildman–Crippen MR) is 71.0 cm³/mol. The minimum Gasteiger partial charge on any atom is -0.469 e. The van der Waals surface area contributed by atoms with Gasteiger partial charge in [-0.25, -0.2) is 0 Å². The van der Waals surface area contributed by atoms with Crippen molar-refractivity contribution < 1.29 is 8.94 Å². The van der Waals surface area contributed by atoms with Crippen molar-refractivity contribution in [2.75, 3.05) is 0 Å². The van der Waals surface area contributed by atoms with E-state index in [9.17, 15) is 0 Å². The number of nitrogens with zero attached hydrogens (tertiary/aromatic N) is 2. The zero-order valence-electron chi connectivity index (χ0n) is 10.3. The second kappa shape index (κ2) is 4.90. The third-order valence-corrected chi connectivity index (χ3v) is 3.08. The van der Waals surface area contributed by atoms with Gasteiger partial charge in [-0.05, 0) is 30.7 Å². The molecular formula is C14H11ClN2O2. The zero-order chi connectivity index (χ0) is 13.2. The fourth-order valence-electron chi connectivity index (χ4n) is 1.83. The minimum absolute atomic E-state index is 0.482. The highest BCUT2D eigenvalue weighted by Gasteiger charge is 2.13. The van der Waals surface area contributed by atoms with Gasteiger partial charge in [0, 0.05) is 11.4 Å². The molecule has 0 saturated heterocycles. The van der Waals surface area contributed by atoms with E-state index in [2.05, 4.69) is 10.1 Å². The van der Waals surface area contributed by atoms with Crippen molar-refractivity contribution in [1.29, 1.82) is 0 Å². The topological polar surface area (TPSA) is 52.1 Å². The van der Waals surface area contributed by atoms with Crippen LogP contribution >= 0.6 is 11.6 Å². The molecule has 96 valence electrons. The van der Waals surface area contributed by atoms with Crippen LogP contribution < -0.4 is 0 Å². The molecule has 0 unspecified atom stereocenters. The summed E-state index contributed by atoms with van der Waals surface area (Å²) in [6, 6.07) is 9.40. The minimum atomic E-state index is 0.482. The Morgan fingerprint density at radius 1 is 1.16 bits per heavy atom. The van der Waals surface area contributed by atoms with Gasteiger partial charge in [-0.15, -0.1) is 0 Å². The van der Waals surface area contributed by atoms with Gasteiger partial charge in [-0.2, -0.15) is 4.98 Å². The lowest BCUT2D eigenvalue weighted by Crippen LogP contribution is -1.90. The maximum atomic E-state index is 5.84. The zero-order valence-corrected chi connectivity index (χ0v) is 11.0. The highest BCUT2D eigenvalue weighted by molar-refractivity contribution is 6.30. The number of hydrogen-bond acceptors (Lipinski definition) is 4. The lowest BCUT2D eigenvalue weighted by Gasteiger charge is -1.96. The molecule has 0 bridgehead atoms. The summed E-state index contributed by atoms with van der Waals surface area (Å²) in [6.07, 6.45) is 2.21. The summed E-state index contributed by atoms with van der Waals surface area (Å²) < 4.78 is 10.5. The quantitative estimate of drug-likeness (QED) is 0.727. The lowest BCUT2D eigenvalue weighted by molar-refractivity contribution is 0.422. The fourth-order valence-corrected chi connectivity index (χ4v) is 1.95. The van der Waals surface area contributed by atoms with E-state index < -0.39 is 0 Å². The molecule has 0 aliphatic carbocycles. The number of furan rings is 1. The van der Waals surface area contributed by atoms with E-state index in [1.165, 1.54) is 0 Å². The van der Waals surface area contributed by atoms with Crippen molar-refractivity contribution in [1.82, 2.24) is 10.1 Å². The largest absolute Gasteiger partial charge is 0.469 e. The summed E-state index contributed by atoms with van der Waals surface area (Å²) in [5.41, 5.74) is 1.91. The van der Waals surface area contributed by atoms with E-state index in [1.807, 2.05) is 37.3 Å². The molecule has 0 aliphatic rings. The Hall–Kier alpha value is -2.07. The molecule has 0 aliphatic heterocycles. The molecule has 3 rings (SSSR count). The Kier molecular flexibility index (Phi) is 3.09. The van der Waals surface area contributed by atoms with Crippen molar-refractivity contribution in [2.45, 2.75) is 13.3 Å². The van der Waals surface area contributed by atoms with Gasteiger partial charge in [-0.1, -0.05) is 28.9 Å². The normalized spacial score (nSPS) is 10.8. The van der Waals surface area contributed by atoms with Crippen LogP contribution in [-0.2, 0) is 6.42 Å². The van der Waals surface area contributed by atoms with Gasteiger partial charge in [0.05, 0.1) is 11.8 Å².